The van der Waals surface area contributed by atoms with E-state index in [1.165, 1.54) is 28.4 Å². The van der Waals surface area contributed by atoms with Crippen LogP contribution in [0.5, 0.6) is 0 Å². The van der Waals surface area contributed by atoms with E-state index in [2.05, 4.69) is 4.98 Å². The third kappa shape index (κ3) is 4.08. The van der Waals surface area contributed by atoms with Gasteiger partial charge in [0, 0.05) is 37.5 Å². The minimum atomic E-state index is -4.61. The zero-order valence-corrected chi connectivity index (χ0v) is 17.5. The van der Waals surface area contributed by atoms with Crippen molar-refractivity contribution < 1.29 is 27.6 Å². The third-order valence-corrected chi connectivity index (χ3v) is 6.50. The van der Waals surface area contributed by atoms with Gasteiger partial charge in [-0.15, -0.1) is 11.3 Å². The molecule has 1 aliphatic carbocycles. The van der Waals surface area contributed by atoms with Crippen LogP contribution in [0.2, 0.25) is 0 Å². The van der Waals surface area contributed by atoms with Crippen molar-refractivity contribution >= 4 is 29.1 Å². The number of hydrogen-bond donors (Lipinski definition) is 0. The number of alkyl halides is 3. The first-order valence-corrected chi connectivity index (χ1v) is 10.7. The number of hydrogen-bond acceptors (Lipinski definition) is 5. The highest BCUT2D eigenvalue weighted by molar-refractivity contribution is 7.09. The topological polar surface area (TPSA) is 70.6 Å². The van der Waals surface area contributed by atoms with Gasteiger partial charge in [0.1, 0.15) is 5.01 Å². The van der Waals surface area contributed by atoms with Gasteiger partial charge in [0.25, 0.3) is 0 Å². The van der Waals surface area contributed by atoms with Crippen LogP contribution in [0.15, 0.2) is 35.8 Å². The molecule has 6 nitrogen and oxygen atoms in total. The second-order valence-corrected chi connectivity index (χ2v) is 8.97. The van der Waals surface area contributed by atoms with Crippen molar-refractivity contribution in [2.45, 2.75) is 49.9 Å². The Bertz CT molecular complexity index is 1020. The van der Waals surface area contributed by atoms with Gasteiger partial charge in [-0.1, -0.05) is 18.2 Å². The molecule has 4 rings (SSSR count). The Morgan fingerprint density at radius 1 is 1.32 bits per heavy atom. The number of nitrogens with zero attached hydrogens (tertiary/aromatic N) is 3. The summed E-state index contributed by atoms with van der Waals surface area (Å²) < 4.78 is 40.0. The SMILES string of the molecule is CN(Cc1nccs1)C(=O)CC1(c2cccc(C(F)(F)F)c2)CC(=O)N(C2CC2)C1=O. The maximum Gasteiger partial charge on any atom is 0.416 e. The molecule has 1 unspecified atom stereocenters. The molecular formula is C21H20F3N3O3S. The highest BCUT2D eigenvalue weighted by Gasteiger charge is 2.57. The Kier molecular flexibility index (Phi) is 5.36. The van der Waals surface area contributed by atoms with Crippen LogP contribution in [0, 0.1) is 0 Å². The second-order valence-electron chi connectivity index (χ2n) is 7.99. The molecule has 1 aromatic heterocycles. The van der Waals surface area contributed by atoms with E-state index in [1.54, 1.807) is 18.6 Å². The fourth-order valence-electron chi connectivity index (χ4n) is 3.94. The summed E-state index contributed by atoms with van der Waals surface area (Å²) in [6.07, 6.45) is -2.35. The van der Waals surface area contributed by atoms with E-state index in [0.29, 0.717) is 17.8 Å². The van der Waals surface area contributed by atoms with Crippen molar-refractivity contribution in [3.05, 3.63) is 52.0 Å². The van der Waals surface area contributed by atoms with E-state index in [9.17, 15) is 27.6 Å². The largest absolute Gasteiger partial charge is 0.416 e. The van der Waals surface area contributed by atoms with Crippen LogP contribution in [0.4, 0.5) is 13.2 Å². The summed E-state index contributed by atoms with van der Waals surface area (Å²) >= 11 is 1.37. The molecule has 2 aliphatic rings. The molecule has 1 saturated heterocycles. The van der Waals surface area contributed by atoms with Crippen molar-refractivity contribution in [2.24, 2.45) is 0 Å². The molecule has 1 aromatic carbocycles. The number of thiazole rings is 1. The third-order valence-electron chi connectivity index (χ3n) is 5.74. The summed E-state index contributed by atoms with van der Waals surface area (Å²) in [7, 11) is 1.55. The number of carbonyl (C=O) groups is 3. The Balaban J connectivity index is 1.69. The van der Waals surface area contributed by atoms with Crippen LogP contribution >= 0.6 is 11.3 Å². The van der Waals surface area contributed by atoms with E-state index >= 15 is 0 Å². The predicted octanol–water partition coefficient (Wildman–Crippen LogP) is 3.37. The molecule has 0 bridgehead atoms. The van der Waals surface area contributed by atoms with Crippen molar-refractivity contribution in [3.8, 4) is 0 Å². The van der Waals surface area contributed by atoms with Gasteiger partial charge in [0.2, 0.25) is 17.7 Å². The van der Waals surface area contributed by atoms with E-state index in [4.69, 9.17) is 0 Å². The quantitative estimate of drug-likeness (QED) is 0.632. The molecule has 1 saturated carbocycles. The maximum atomic E-state index is 13.4. The van der Waals surface area contributed by atoms with Gasteiger partial charge >= 0.3 is 6.18 Å². The van der Waals surface area contributed by atoms with E-state index in [-0.39, 0.29) is 31.0 Å². The Labute approximate surface area is 180 Å². The monoisotopic (exact) mass is 451 g/mol. The van der Waals surface area contributed by atoms with Crippen molar-refractivity contribution in [2.75, 3.05) is 7.05 Å². The molecule has 10 heteroatoms. The van der Waals surface area contributed by atoms with Crippen LogP contribution in [-0.2, 0) is 32.5 Å². The first-order valence-electron chi connectivity index (χ1n) is 9.78. The highest BCUT2D eigenvalue weighted by atomic mass is 32.1. The van der Waals surface area contributed by atoms with Gasteiger partial charge in [-0.2, -0.15) is 13.2 Å². The minimum Gasteiger partial charge on any atom is -0.339 e. The molecule has 3 amide bonds. The van der Waals surface area contributed by atoms with E-state index < -0.39 is 34.9 Å². The number of halogens is 3. The lowest BCUT2D eigenvalue weighted by molar-refractivity contribution is -0.143. The molecule has 164 valence electrons. The summed E-state index contributed by atoms with van der Waals surface area (Å²) in [5.74, 6) is -1.47. The number of carbonyl (C=O) groups excluding carboxylic acids is 3. The molecule has 31 heavy (non-hydrogen) atoms. The van der Waals surface area contributed by atoms with Crippen molar-refractivity contribution in [1.29, 1.82) is 0 Å². The van der Waals surface area contributed by atoms with Gasteiger partial charge in [0.15, 0.2) is 0 Å². The number of rotatable bonds is 6. The zero-order valence-electron chi connectivity index (χ0n) is 16.7. The standard InChI is InChI=1S/C21H20F3N3O3S/c1-26(12-16-25-7-8-31-16)17(28)10-20(11-18(29)27(19(20)30)15-5-6-15)13-3-2-4-14(9-13)21(22,23)24/h2-4,7-9,15H,5-6,10-12H2,1H3. The predicted molar refractivity (Wildman–Crippen MR) is 106 cm³/mol. The Morgan fingerprint density at radius 3 is 2.68 bits per heavy atom. The van der Waals surface area contributed by atoms with Crippen LogP contribution in [0.1, 0.15) is 41.8 Å². The number of amides is 3. The second kappa shape index (κ2) is 7.74. The summed E-state index contributed by atoms with van der Waals surface area (Å²) in [6.45, 7) is 0.212. The molecule has 0 spiro atoms. The molecule has 0 N–H and O–H groups in total. The van der Waals surface area contributed by atoms with Gasteiger partial charge < -0.3 is 4.90 Å². The van der Waals surface area contributed by atoms with Gasteiger partial charge in [-0.25, -0.2) is 4.98 Å². The number of likely N-dealkylation sites (tertiary alicyclic amines) is 1. The van der Waals surface area contributed by atoms with Crippen LogP contribution < -0.4 is 0 Å². The average Bonchev–Trinajstić information content (AvgIpc) is 3.34. The maximum absolute atomic E-state index is 13.4. The molecular weight excluding hydrogens is 431 g/mol. The lowest BCUT2D eigenvalue weighted by Crippen LogP contribution is -2.43. The Morgan fingerprint density at radius 2 is 2.06 bits per heavy atom. The molecule has 2 fully saturated rings. The van der Waals surface area contributed by atoms with Crippen molar-refractivity contribution in [3.63, 3.8) is 0 Å². The van der Waals surface area contributed by atoms with E-state index in [1.807, 2.05) is 0 Å². The molecule has 2 heterocycles. The van der Waals surface area contributed by atoms with Crippen LogP contribution in [0.3, 0.4) is 0 Å². The average molecular weight is 451 g/mol. The first kappa shape index (κ1) is 21.5. The normalized spacial score (nSPS) is 21.6. The summed E-state index contributed by atoms with van der Waals surface area (Å²) in [6, 6.07) is 4.17. The molecule has 1 aliphatic heterocycles. The summed E-state index contributed by atoms with van der Waals surface area (Å²) in [4.78, 5) is 45.8. The lowest BCUT2D eigenvalue weighted by atomic mass is 9.75. The lowest BCUT2D eigenvalue weighted by Gasteiger charge is -2.29. The van der Waals surface area contributed by atoms with Crippen LogP contribution in [-0.4, -0.2) is 45.6 Å². The highest BCUT2D eigenvalue weighted by Crippen LogP contribution is 2.45. The number of aromatic nitrogens is 1. The van der Waals surface area contributed by atoms with Gasteiger partial charge in [0.05, 0.1) is 17.5 Å². The fraction of sp³-hybridized carbons (Fsp3) is 0.429. The van der Waals surface area contributed by atoms with Gasteiger partial charge in [-0.3, -0.25) is 19.3 Å². The molecule has 0 radical (unpaired) electrons. The Hall–Kier alpha value is -2.75. The molecule has 2 aromatic rings. The van der Waals surface area contributed by atoms with Crippen LogP contribution in [0.25, 0.3) is 0 Å². The van der Waals surface area contributed by atoms with Crippen molar-refractivity contribution in [1.82, 2.24) is 14.8 Å². The minimum absolute atomic E-state index is 0.0415. The van der Waals surface area contributed by atoms with Gasteiger partial charge in [-0.05, 0) is 24.5 Å². The smallest absolute Gasteiger partial charge is 0.339 e. The first-order chi connectivity index (χ1) is 14.6. The number of benzene rings is 1. The number of imide groups is 1. The zero-order chi connectivity index (χ0) is 22.4. The summed E-state index contributed by atoms with van der Waals surface area (Å²) in [5, 5.41) is 2.46. The van der Waals surface area contributed by atoms with E-state index in [0.717, 1.165) is 17.0 Å². The fourth-order valence-corrected chi connectivity index (χ4v) is 4.61. The molecule has 1 atom stereocenters. The summed E-state index contributed by atoms with van der Waals surface area (Å²) in [5.41, 5.74) is -2.52.